The van der Waals surface area contributed by atoms with E-state index in [1.54, 1.807) is 11.0 Å². The first-order valence-corrected chi connectivity index (χ1v) is 8.71. The van der Waals surface area contributed by atoms with Crippen molar-refractivity contribution in [2.24, 2.45) is 5.92 Å². The average Bonchev–Trinajstić information content (AvgIpc) is 2.58. The molecule has 1 atom stereocenters. The van der Waals surface area contributed by atoms with E-state index in [1.165, 1.54) is 12.1 Å². The molecule has 3 rings (SSSR count). The molecule has 7 heteroatoms. The lowest BCUT2D eigenvalue weighted by atomic mass is 9.97. The summed E-state index contributed by atoms with van der Waals surface area (Å²) in [4.78, 5) is 17.7. The minimum atomic E-state index is -4.30. The van der Waals surface area contributed by atoms with Crippen LogP contribution in [0.4, 0.5) is 18.9 Å². The number of piperidine rings is 1. The van der Waals surface area contributed by atoms with Crippen molar-refractivity contribution in [1.29, 1.82) is 0 Å². The molecule has 0 bridgehead atoms. The Morgan fingerprint density at radius 3 is 2.52 bits per heavy atom. The minimum absolute atomic E-state index is 0.214. The number of halogens is 3. The van der Waals surface area contributed by atoms with Gasteiger partial charge in [-0.1, -0.05) is 6.07 Å². The molecule has 2 fully saturated rings. The minimum Gasteiger partial charge on any atom is -0.369 e. The van der Waals surface area contributed by atoms with E-state index in [9.17, 15) is 18.0 Å². The zero-order valence-electron chi connectivity index (χ0n) is 14.4. The first-order valence-electron chi connectivity index (χ1n) is 8.71. The number of benzene rings is 1. The van der Waals surface area contributed by atoms with Gasteiger partial charge in [0.05, 0.1) is 5.56 Å². The van der Waals surface area contributed by atoms with Crippen molar-refractivity contribution >= 4 is 11.6 Å². The smallest absolute Gasteiger partial charge is 0.369 e. The summed E-state index contributed by atoms with van der Waals surface area (Å²) in [5.74, 6) is 0.702. The maximum atomic E-state index is 12.9. The second kappa shape index (κ2) is 7.23. The Bertz CT molecular complexity index is 612. The molecule has 0 spiro atoms. The summed E-state index contributed by atoms with van der Waals surface area (Å²) in [5, 5.41) is 0. The average molecular weight is 355 g/mol. The third-order valence-corrected chi connectivity index (χ3v) is 5.15. The highest BCUT2D eigenvalue weighted by molar-refractivity contribution is 5.76. The van der Waals surface area contributed by atoms with E-state index in [-0.39, 0.29) is 5.91 Å². The highest BCUT2D eigenvalue weighted by Gasteiger charge is 2.31. The zero-order valence-corrected chi connectivity index (χ0v) is 14.4. The molecular formula is C18H24F3N3O. The number of likely N-dealkylation sites (tertiary alicyclic amines) is 1. The first-order chi connectivity index (χ1) is 11.8. The van der Waals surface area contributed by atoms with Crippen LogP contribution < -0.4 is 4.90 Å². The van der Waals surface area contributed by atoms with Gasteiger partial charge in [-0.2, -0.15) is 13.2 Å². The second-order valence-electron chi connectivity index (χ2n) is 7.01. The van der Waals surface area contributed by atoms with Crippen molar-refractivity contribution < 1.29 is 18.0 Å². The van der Waals surface area contributed by atoms with Gasteiger partial charge < -0.3 is 9.80 Å². The van der Waals surface area contributed by atoms with Gasteiger partial charge in [0.2, 0.25) is 5.91 Å². The lowest BCUT2D eigenvalue weighted by molar-refractivity contribution is -0.137. The molecule has 2 aliphatic heterocycles. The van der Waals surface area contributed by atoms with Gasteiger partial charge in [0.1, 0.15) is 0 Å². The number of hydrogen-bond donors (Lipinski definition) is 0. The van der Waals surface area contributed by atoms with Crippen LogP contribution in [0.25, 0.3) is 0 Å². The lowest BCUT2D eigenvalue weighted by Gasteiger charge is -2.39. The van der Waals surface area contributed by atoms with Crippen LogP contribution in [0.1, 0.15) is 18.4 Å². The summed E-state index contributed by atoms with van der Waals surface area (Å²) in [6.07, 6.45) is -2.76. The van der Waals surface area contributed by atoms with Gasteiger partial charge in [-0.05, 0) is 30.5 Å². The molecule has 2 aliphatic rings. The molecule has 1 aromatic rings. The fourth-order valence-corrected chi connectivity index (χ4v) is 3.68. The highest BCUT2D eigenvalue weighted by atomic mass is 19.4. The van der Waals surface area contributed by atoms with Gasteiger partial charge in [-0.15, -0.1) is 0 Å². The summed E-state index contributed by atoms with van der Waals surface area (Å²) >= 11 is 0. The maximum absolute atomic E-state index is 12.9. The number of carbonyl (C=O) groups excluding carboxylic acids is 1. The molecule has 0 aliphatic carbocycles. The maximum Gasteiger partial charge on any atom is 0.416 e. The van der Waals surface area contributed by atoms with Crippen LogP contribution >= 0.6 is 0 Å². The Morgan fingerprint density at radius 1 is 1.16 bits per heavy atom. The molecular weight excluding hydrogens is 331 g/mol. The third kappa shape index (κ3) is 4.45. The molecule has 138 valence electrons. The number of anilines is 1. The Hall–Kier alpha value is -1.76. The van der Waals surface area contributed by atoms with E-state index in [0.29, 0.717) is 18.0 Å². The molecule has 0 aromatic heterocycles. The van der Waals surface area contributed by atoms with Crippen LogP contribution in [-0.4, -0.2) is 62.0 Å². The van der Waals surface area contributed by atoms with Crippen LogP contribution in [0.2, 0.25) is 0 Å². The third-order valence-electron chi connectivity index (χ3n) is 5.15. The van der Waals surface area contributed by atoms with Crippen LogP contribution in [-0.2, 0) is 11.0 Å². The predicted octanol–water partition coefficient (Wildman–Crippen LogP) is 2.70. The van der Waals surface area contributed by atoms with Crippen molar-refractivity contribution in [3.8, 4) is 0 Å². The first kappa shape index (κ1) is 18.0. The second-order valence-corrected chi connectivity index (χ2v) is 7.01. The largest absolute Gasteiger partial charge is 0.416 e. The monoisotopic (exact) mass is 355 g/mol. The number of amides is 1. The van der Waals surface area contributed by atoms with E-state index >= 15 is 0 Å². The Kier molecular flexibility index (Phi) is 5.22. The Labute approximate surface area is 146 Å². The van der Waals surface area contributed by atoms with Crippen LogP contribution in [0, 0.1) is 5.92 Å². The van der Waals surface area contributed by atoms with Gasteiger partial charge in [0.25, 0.3) is 0 Å². The highest BCUT2D eigenvalue weighted by Crippen LogP contribution is 2.32. The molecule has 1 amide bonds. The summed E-state index contributed by atoms with van der Waals surface area (Å²) in [7, 11) is 1.85. The molecule has 0 saturated carbocycles. The van der Waals surface area contributed by atoms with Crippen LogP contribution in [0.3, 0.4) is 0 Å². The molecule has 1 aromatic carbocycles. The summed E-state index contributed by atoms with van der Waals surface area (Å²) < 4.78 is 38.6. The van der Waals surface area contributed by atoms with Crippen molar-refractivity contribution in [3.63, 3.8) is 0 Å². The number of alkyl halides is 3. The number of rotatable bonds is 3. The standard InChI is InChI=1S/C18H24F3N3O/c1-22-12-14(5-6-17(22)25)13-23-7-9-24(10-8-23)16-4-2-3-15(11-16)18(19,20)21/h2-4,11,14H,5-10,12-13H2,1H3. The number of nitrogens with zero attached hydrogens (tertiary/aromatic N) is 3. The van der Waals surface area contributed by atoms with Crippen molar-refractivity contribution in [2.75, 3.05) is 51.2 Å². The fourth-order valence-electron chi connectivity index (χ4n) is 3.68. The van der Waals surface area contributed by atoms with E-state index in [0.717, 1.165) is 51.8 Å². The van der Waals surface area contributed by atoms with Gasteiger partial charge in [0.15, 0.2) is 0 Å². The number of piperazine rings is 1. The van der Waals surface area contributed by atoms with Crippen molar-refractivity contribution in [2.45, 2.75) is 19.0 Å². The molecule has 2 heterocycles. The van der Waals surface area contributed by atoms with E-state index in [4.69, 9.17) is 0 Å². The summed E-state index contributed by atoms with van der Waals surface area (Å²) in [5.41, 5.74) is 0.0415. The molecule has 1 unspecified atom stereocenters. The number of carbonyl (C=O) groups is 1. The van der Waals surface area contributed by atoms with E-state index < -0.39 is 11.7 Å². The van der Waals surface area contributed by atoms with Gasteiger partial charge in [-0.3, -0.25) is 9.69 Å². The quantitative estimate of drug-likeness (QED) is 0.834. The topological polar surface area (TPSA) is 26.8 Å². The Morgan fingerprint density at radius 2 is 1.88 bits per heavy atom. The fraction of sp³-hybridized carbons (Fsp3) is 0.611. The number of hydrogen-bond acceptors (Lipinski definition) is 3. The summed E-state index contributed by atoms with van der Waals surface area (Å²) in [6.45, 7) is 4.88. The van der Waals surface area contributed by atoms with Gasteiger partial charge in [-0.25, -0.2) is 0 Å². The molecule has 4 nitrogen and oxygen atoms in total. The normalized spacial score (nSPS) is 23.2. The van der Waals surface area contributed by atoms with Gasteiger partial charge in [0, 0.05) is 58.4 Å². The van der Waals surface area contributed by atoms with Gasteiger partial charge >= 0.3 is 6.18 Å². The predicted molar refractivity (Wildman–Crippen MR) is 90.5 cm³/mol. The SMILES string of the molecule is CN1CC(CN2CCN(c3cccc(C(F)(F)F)c3)CC2)CCC1=O. The molecule has 25 heavy (non-hydrogen) atoms. The van der Waals surface area contributed by atoms with Crippen molar-refractivity contribution in [1.82, 2.24) is 9.80 Å². The Balaban J connectivity index is 1.53. The lowest BCUT2D eigenvalue weighted by Crippen LogP contribution is -2.50. The molecule has 0 N–H and O–H groups in total. The van der Waals surface area contributed by atoms with E-state index in [1.807, 2.05) is 11.9 Å². The van der Waals surface area contributed by atoms with Crippen LogP contribution in [0.5, 0.6) is 0 Å². The molecule has 2 saturated heterocycles. The van der Waals surface area contributed by atoms with Crippen LogP contribution in [0.15, 0.2) is 24.3 Å². The van der Waals surface area contributed by atoms with Crippen molar-refractivity contribution in [3.05, 3.63) is 29.8 Å². The zero-order chi connectivity index (χ0) is 18.0. The molecule has 0 radical (unpaired) electrons. The summed E-state index contributed by atoms with van der Waals surface area (Å²) in [6, 6.07) is 5.56. The van der Waals surface area contributed by atoms with E-state index in [2.05, 4.69) is 4.90 Å².